The summed E-state index contributed by atoms with van der Waals surface area (Å²) in [6, 6.07) is 13.7. The Hall–Kier alpha value is -3.51. The van der Waals surface area contributed by atoms with E-state index in [1.54, 1.807) is 30.5 Å². The molecule has 2 amide bonds. The van der Waals surface area contributed by atoms with Crippen LogP contribution in [0.15, 0.2) is 60.9 Å². The lowest BCUT2D eigenvalue weighted by molar-refractivity contribution is -0.135. The van der Waals surface area contributed by atoms with Crippen molar-refractivity contribution < 1.29 is 18.7 Å². The number of carbonyl (C=O) groups excluding carboxylic acids is 2. The van der Waals surface area contributed by atoms with E-state index in [2.05, 4.69) is 26.5 Å². The van der Waals surface area contributed by atoms with Crippen molar-refractivity contribution in [3.05, 3.63) is 77.9 Å². The third-order valence-electron chi connectivity index (χ3n) is 7.96. The summed E-state index contributed by atoms with van der Waals surface area (Å²) < 4.78 is 18.4. The Kier molecular flexibility index (Phi) is 9.84. The Morgan fingerprint density at radius 2 is 1.83 bits per heavy atom. The molecule has 4 N–H and O–H groups in total. The number of benzene rings is 2. The summed E-state index contributed by atoms with van der Waals surface area (Å²) in [5, 5.41) is 8.39. The van der Waals surface area contributed by atoms with Crippen molar-refractivity contribution in [1.82, 2.24) is 31.4 Å². The molecule has 1 saturated carbocycles. The zero-order valence-corrected chi connectivity index (χ0v) is 23.5. The van der Waals surface area contributed by atoms with Crippen LogP contribution in [0.4, 0.5) is 10.1 Å². The van der Waals surface area contributed by atoms with Crippen molar-refractivity contribution in [2.75, 3.05) is 58.0 Å². The molecule has 2 aromatic carbocycles. The maximum absolute atomic E-state index is 13.6. The molecule has 3 aliphatic rings. The van der Waals surface area contributed by atoms with Crippen LogP contribution in [0, 0.1) is 5.82 Å². The molecular weight excluding hydrogens is 525 g/mol. The molecule has 2 heterocycles. The van der Waals surface area contributed by atoms with Crippen LogP contribution in [0.5, 0.6) is 0 Å². The van der Waals surface area contributed by atoms with Crippen LogP contribution in [0.25, 0.3) is 0 Å². The molecule has 220 valence electrons. The zero-order valence-electron chi connectivity index (χ0n) is 23.5. The van der Waals surface area contributed by atoms with Gasteiger partial charge in [0, 0.05) is 69.8 Å². The van der Waals surface area contributed by atoms with Crippen LogP contribution in [0.1, 0.15) is 41.1 Å². The number of carbonyl (C=O) groups is 2. The Balaban J connectivity index is 1.15. The van der Waals surface area contributed by atoms with Gasteiger partial charge < -0.3 is 25.7 Å². The lowest BCUT2D eigenvalue weighted by Crippen LogP contribution is -2.55. The maximum Gasteiger partial charge on any atom is 0.251 e. The predicted molar refractivity (Wildman–Crippen MR) is 155 cm³/mol. The van der Waals surface area contributed by atoms with Gasteiger partial charge in [0.2, 0.25) is 5.91 Å². The topological polar surface area (TPSA) is 101 Å². The van der Waals surface area contributed by atoms with Crippen LogP contribution < -0.4 is 26.6 Å². The Morgan fingerprint density at radius 1 is 1.07 bits per heavy atom. The number of rotatable bonds is 13. The summed E-state index contributed by atoms with van der Waals surface area (Å²) >= 11 is 0. The molecule has 1 aliphatic carbocycles. The number of amides is 2. The number of nitrogens with one attached hydrogen (secondary N) is 4. The highest BCUT2D eigenvalue weighted by Crippen LogP contribution is 2.40. The van der Waals surface area contributed by atoms with Gasteiger partial charge in [0.1, 0.15) is 11.9 Å². The quantitative estimate of drug-likeness (QED) is 0.274. The van der Waals surface area contributed by atoms with Gasteiger partial charge in [-0.1, -0.05) is 12.1 Å². The van der Waals surface area contributed by atoms with Gasteiger partial charge in [0.05, 0.1) is 12.3 Å². The Bertz CT molecular complexity index is 1190. The molecular formula is C30H40FN7O3. The first kappa shape index (κ1) is 29.0. The molecule has 0 aromatic heterocycles. The molecule has 0 spiro atoms. The summed E-state index contributed by atoms with van der Waals surface area (Å²) in [5.41, 5.74) is 8.38. The van der Waals surface area contributed by atoms with E-state index in [4.69, 9.17) is 4.74 Å². The van der Waals surface area contributed by atoms with E-state index in [9.17, 15) is 14.0 Å². The smallest absolute Gasteiger partial charge is 0.251 e. The van der Waals surface area contributed by atoms with Crippen molar-refractivity contribution in [2.45, 2.75) is 37.3 Å². The summed E-state index contributed by atoms with van der Waals surface area (Å²) in [6.07, 6.45) is 5.93. The Morgan fingerprint density at radius 3 is 2.51 bits per heavy atom. The highest BCUT2D eigenvalue weighted by Gasteiger charge is 2.37. The highest BCUT2D eigenvalue weighted by atomic mass is 19.1. The van der Waals surface area contributed by atoms with Crippen molar-refractivity contribution >= 4 is 17.5 Å². The fourth-order valence-corrected chi connectivity index (χ4v) is 5.40. The minimum absolute atomic E-state index is 0.0329. The molecule has 2 aromatic rings. The van der Waals surface area contributed by atoms with Crippen LogP contribution in [-0.2, 0) is 9.53 Å². The molecule has 5 rings (SSSR count). The highest BCUT2D eigenvalue weighted by molar-refractivity contribution is 5.97. The molecule has 11 heteroatoms. The third-order valence-corrected chi connectivity index (χ3v) is 7.96. The van der Waals surface area contributed by atoms with Crippen molar-refractivity contribution in [2.24, 2.45) is 0 Å². The third kappa shape index (κ3) is 7.82. The van der Waals surface area contributed by atoms with Gasteiger partial charge in [-0.25, -0.2) is 4.39 Å². The molecule has 0 bridgehead atoms. The number of anilines is 1. The summed E-state index contributed by atoms with van der Waals surface area (Å²) in [6.45, 7) is 5.10. The van der Waals surface area contributed by atoms with Crippen LogP contribution in [0.3, 0.4) is 0 Å². The van der Waals surface area contributed by atoms with E-state index in [0.717, 1.165) is 50.3 Å². The largest absolute Gasteiger partial charge is 0.383 e. The average Bonchev–Trinajstić information content (AvgIpc) is 3.56. The number of ether oxygens (including phenoxy) is 1. The first-order valence-electron chi connectivity index (χ1n) is 14.4. The normalized spacial score (nSPS) is 21.0. The molecule has 3 atom stereocenters. The number of hydrazine groups is 2. The number of hydrogen-bond acceptors (Lipinski definition) is 8. The van der Waals surface area contributed by atoms with E-state index in [-0.39, 0.29) is 17.6 Å². The summed E-state index contributed by atoms with van der Waals surface area (Å²) in [4.78, 5) is 31.0. The molecule has 2 fully saturated rings. The number of nitrogens with zero attached hydrogens (tertiary/aromatic N) is 3. The van der Waals surface area contributed by atoms with Crippen molar-refractivity contribution in [3.8, 4) is 0 Å². The van der Waals surface area contributed by atoms with Gasteiger partial charge in [-0.05, 0) is 67.8 Å². The first-order valence-corrected chi connectivity index (χ1v) is 14.4. The fourth-order valence-electron chi connectivity index (χ4n) is 5.40. The van der Waals surface area contributed by atoms with Gasteiger partial charge in [-0.15, -0.1) is 5.53 Å². The van der Waals surface area contributed by atoms with E-state index < -0.39 is 6.04 Å². The second kappa shape index (κ2) is 13.9. The first-order chi connectivity index (χ1) is 20.0. The van der Waals surface area contributed by atoms with Crippen molar-refractivity contribution in [3.63, 3.8) is 0 Å². The van der Waals surface area contributed by atoms with Crippen molar-refractivity contribution in [1.29, 1.82) is 0 Å². The van der Waals surface area contributed by atoms with Gasteiger partial charge in [-0.2, -0.15) is 0 Å². The fraction of sp³-hybridized carbons (Fsp3) is 0.467. The predicted octanol–water partition coefficient (Wildman–Crippen LogP) is 1.94. The molecule has 0 radical (unpaired) electrons. The van der Waals surface area contributed by atoms with Crippen LogP contribution in [0.2, 0.25) is 0 Å². The van der Waals surface area contributed by atoms with E-state index >= 15 is 0 Å². The van der Waals surface area contributed by atoms with Crippen LogP contribution >= 0.6 is 0 Å². The molecule has 0 unspecified atom stereocenters. The standard InChI is InChI=1S/C30H40FN7O3/c1-41-20-19-36-15-17-37(18-16-36)30(40)27(3-2-12-32-28-21-26(28)22-4-8-24(31)9-5-22)34-29(39)23-6-10-25(11-7-23)38-14-13-33-35-38/h4-11,13-14,26-28,32-33,35H,2-3,12,15-21H2,1H3,(H,34,39)/t26-,27-,28+/m0/s1. The van der Waals surface area contributed by atoms with E-state index in [1.165, 1.54) is 12.1 Å². The number of hydrogen-bond donors (Lipinski definition) is 4. The van der Waals surface area contributed by atoms with Gasteiger partial charge in [0.15, 0.2) is 0 Å². The minimum Gasteiger partial charge on any atom is -0.383 e. The van der Waals surface area contributed by atoms with E-state index in [0.29, 0.717) is 43.6 Å². The molecule has 2 aliphatic heterocycles. The van der Waals surface area contributed by atoms with Gasteiger partial charge >= 0.3 is 0 Å². The summed E-state index contributed by atoms with van der Waals surface area (Å²) in [5.74, 6) is -0.119. The maximum atomic E-state index is 13.6. The Labute approximate surface area is 240 Å². The number of piperazine rings is 1. The van der Waals surface area contributed by atoms with Crippen LogP contribution in [-0.4, -0.2) is 86.7 Å². The van der Waals surface area contributed by atoms with E-state index in [1.807, 2.05) is 35.4 Å². The lowest BCUT2D eigenvalue weighted by atomic mass is 10.1. The minimum atomic E-state index is -0.603. The second-order valence-corrected chi connectivity index (χ2v) is 10.8. The number of methoxy groups -OCH3 is 1. The van der Waals surface area contributed by atoms with Gasteiger partial charge in [-0.3, -0.25) is 19.5 Å². The number of halogens is 1. The summed E-state index contributed by atoms with van der Waals surface area (Å²) in [7, 11) is 1.69. The SMILES string of the molecule is COCCN1CCN(C(=O)[C@H](CCCN[C@@H]2C[C@H]2c2ccc(F)cc2)NC(=O)c2ccc(N3C=CNN3)cc2)CC1. The van der Waals surface area contributed by atoms with Gasteiger partial charge in [0.25, 0.3) is 5.91 Å². The molecule has 41 heavy (non-hydrogen) atoms. The molecule has 1 saturated heterocycles. The monoisotopic (exact) mass is 565 g/mol. The lowest BCUT2D eigenvalue weighted by Gasteiger charge is -2.36. The average molecular weight is 566 g/mol. The molecule has 10 nitrogen and oxygen atoms in total. The second-order valence-electron chi connectivity index (χ2n) is 10.8. The zero-order chi connectivity index (χ0) is 28.6.